The molecule has 0 radical (unpaired) electrons. The minimum atomic E-state index is -0.920. The van der Waals surface area contributed by atoms with Crippen LogP contribution >= 0.6 is 23.2 Å². The van der Waals surface area contributed by atoms with Crippen LogP contribution in [0.3, 0.4) is 0 Å². The Labute approximate surface area is 163 Å². The van der Waals surface area contributed by atoms with Crippen molar-refractivity contribution in [3.63, 3.8) is 0 Å². The van der Waals surface area contributed by atoms with Gasteiger partial charge >= 0.3 is 0 Å². The smallest absolute Gasteiger partial charge is 0.252 e. The molecular weight excluding hydrogens is 375 g/mol. The number of allylic oxidation sites excluding steroid dienone is 4. The maximum absolute atomic E-state index is 12.0. The first-order chi connectivity index (χ1) is 12.5. The summed E-state index contributed by atoms with van der Waals surface area (Å²) >= 11 is 12.3. The molecular formula is C18H24Cl2N4O2. The number of carbonyl (C=O) groups is 2. The molecule has 142 valence electrons. The maximum Gasteiger partial charge on any atom is 0.252 e. The largest absolute Gasteiger partial charge is 0.272 e. The Morgan fingerprint density at radius 1 is 0.846 bits per heavy atom. The number of amides is 2. The predicted octanol–water partition coefficient (Wildman–Crippen LogP) is 3.96. The van der Waals surface area contributed by atoms with Gasteiger partial charge in [-0.15, -0.1) is 0 Å². The quantitative estimate of drug-likeness (QED) is 0.403. The lowest BCUT2D eigenvalue weighted by molar-refractivity contribution is -0.134. The minimum Gasteiger partial charge on any atom is -0.272 e. The van der Waals surface area contributed by atoms with Gasteiger partial charge in [-0.2, -0.15) is 10.2 Å². The van der Waals surface area contributed by atoms with Crippen molar-refractivity contribution in [3.8, 4) is 0 Å². The molecule has 0 bridgehead atoms. The summed E-state index contributed by atoms with van der Waals surface area (Å²) in [6, 6.07) is 0. The van der Waals surface area contributed by atoms with Crippen LogP contribution in [0.15, 0.2) is 31.4 Å². The lowest BCUT2D eigenvalue weighted by Gasteiger charge is -2.13. The molecule has 0 saturated carbocycles. The van der Waals surface area contributed by atoms with Gasteiger partial charge in [-0.1, -0.05) is 23.2 Å². The van der Waals surface area contributed by atoms with E-state index in [2.05, 4.69) is 21.1 Å². The Bertz CT molecular complexity index is 612. The third-order valence-electron chi connectivity index (χ3n) is 4.46. The van der Waals surface area contributed by atoms with Crippen molar-refractivity contribution in [2.24, 2.45) is 16.1 Å². The van der Waals surface area contributed by atoms with Gasteiger partial charge in [0.25, 0.3) is 11.8 Å². The molecule has 6 nitrogen and oxygen atoms in total. The highest BCUT2D eigenvalue weighted by Crippen LogP contribution is 2.26. The molecule has 0 heterocycles. The zero-order chi connectivity index (χ0) is 18.9. The van der Waals surface area contributed by atoms with Gasteiger partial charge in [-0.25, -0.2) is 10.9 Å². The first kappa shape index (κ1) is 20.6. The van der Waals surface area contributed by atoms with Crippen molar-refractivity contribution in [2.45, 2.75) is 58.3 Å². The van der Waals surface area contributed by atoms with Gasteiger partial charge in [-0.05, 0) is 69.4 Å². The van der Waals surface area contributed by atoms with E-state index in [0.717, 1.165) is 72.6 Å². The van der Waals surface area contributed by atoms with Gasteiger partial charge in [-0.3, -0.25) is 9.59 Å². The van der Waals surface area contributed by atoms with E-state index in [0.29, 0.717) is 0 Å². The van der Waals surface area contributed by atoms with Crippen LogP contribution in [0.4, 0.5) is 0 Å². The SMILES string of the molecule is CC(C(=O)N/N=C\C1=C(Cl)CCCC1)C(=O)N/N=C\C1=C(Cl)CCCC1. The standard InChI is InChI=1S/C18H24Cl2N4O2/c1-12(17(25)23-21-10-13-6-2-4-8-15(13)19)18(26)24-22-11-14-7-3-5-9-16(14)20/h10-12H,2-9H2,1H3,(H,23,25)(H,24,26)/b21-10-,22-11-. The Morgan fingerprint density at radius 2 is 1.23 bits per heavy atom. The number of hydrazone groups is 2. The highest BCUT2D eigenvalue weighted by Gasteiger charge is 2.21. The van der Waals surface area contributed by atoms with E-state index in [9.17, 15) is 9.59 Å². The average Bonchev–Trinajstić information content (AvgIpc) is 2.64. The molecule has 0 unspecified atom stereocenters. The molecule has 0 fully saturated rings. The monoisotopic (exact) mass is 398 g/mol. The lowest BCUT2D eigenvalue weighted by atomic mass is 10.0. The van der Waals surface area contributed by atoms with E-state index in [1.165, 1.54) is 6.92 Å². The number of halogens is 2. The average molecular weight is 399 g/mol. The molecule has 0 aliphatic heterocycles. The van der Waals surface area contributed by atoms with Crippen LogP contribution in [0, 0.1) is 5.92 Å². The summed E-state index contributed by atoms with van der Waals surface area (Å²) in [5, 5.41) is 9.37. The van der Waals surface area contributed by atoms with Crippen molar-refractivity contribution in [3.05, 3.63) is 21.2 Å². The van der Waals surface area contributed by atoms with Crippen LogP contribution < -0.4 is 10.9 Å². The van der Waals surface area contributed by atoms with Gasteiger partial charge < -0.3 is 0 Å². The lowest BCUT2D eigenvalue weighted by Crippen LogP contribution is -2.36. The summed E-state index contributed by atoms with van der Waals surface area (Å²) in [6.45, 7) is 1.50. The van der Waals surface area contributed by atoms with Crippen LogP contribution in [0.5, 0.6) is 0 Å². The summed E-state index contributed by atoms with van der Waals surface area (Å²) in [5.41, 5.74) is 6.60. The predicted molar refractivity (Wildman–Crippen MR) is 105 cm³/mol. The topological polar surface area (TPSA) is 82.9 Å². The molecule has 2 N–H and O–H groups in total. The van der Waals surface area contributed by atoms with E-state index in [4.69, 9.17) is 23.2 Å². The van der Waals surface area contributed by atoms with Crippen LogP contribution in [0.25, 0.3) is 0 Å². The zero-order valence-corrected chi connectivity index (χ0v) is 16.4. The van der Waals surface area contributed by atoms with Crippen molar-refractivity contribution in [1.29, 1.82) is 0 Å². The van der Waals surface area contributed by atoms with E-state index in [1.807, 2.05) is 0 Å². The minimum absolute atomic E-state index is 0.503. The van der Waals surface area contributed by atoms with E-state index in [1.54, 1.807) is 12.4 Å². The van der Waals surface area contributed by atoms with Crippen molar-refractivity contribution >= 4 is 47.4 Å². The molecule has 0 aromatic heterocycles. The molecule has 2 aliphatic carbocycles. The molecule has 0 spiro atoms. The van der Waals surface area contributed by atoms with E-state index in [-0.39, 0.29) is 0 Å². The molecule has 2 rings (SSSR count). The highest BCUT2D eigenvalue weighted by atomic mass is 35.5. The molecule has 0 aromatic carbocycles. The zero-order valence-electron chi connectivity index (χ0n) is 14.9. The van der Waals surface area contributed by atoms with Gasteiger partial charge in [0, 0.05) is 10.1 Å². The molecule has 0 atom stereocenters. The fourth-order valence-electron chi connectivity index (χ4n) is 2.71. The summed E-state index contributed by atoms with van der Waals surface area (Å²) in [4.78, 5) is 24.0. The Kier molecular flexibility index (Phi) is 8.32. The number of rotatable bonds is 6. The number of nitrogens with zero attached hydrogens (tertiary/aromatic N) is 2. The Morgan fingerprint density at radius 3 is 1.62 bits per heavy atom. The Hall–Kier alpha value is -1.66. The summed E-state index contributed by atoms with van der Waals surface area (Å²) in [6.07, 6.45) is 10.8. The molecule has 8 heteroatoms. The van der Waals surface area contributed by atoms with Gasteiger partial charge in [0.15, 0.2) is 0 Å². The molecule has 2 amide bonds. The molecule has 2 aliphatic rings. The first-order valence-corrected chi connectivity index (χ1v) is 9.65. The molecule has 26 heavy (non-hydrogen) atoms. The molecule has 0 aromatic rings. The van der Waals surface area contributed by atoms with Crippen molar-refractivity contribution < 1.29 is 9.59 Å². The highest BCUT2D eigenvalue weighted by molar-refractivity contribution is 6.31. The van der Waals surface area contributed by atoms with Crippen LogP contribution in [-0.4, -0.2) is 24.2 Å². The summed E-state index contributed by atoms with van der Waals surface area (Å²) < 4.78 is 0. The second-order valence-electron chi connectivity index (χ2n) is 6.46. The normalized spacial score (nSPS) is 18.9. The van der Waals surface area contributed by atoms with E-state index >= 15 is 0 Å². The second-order valence-corrected chi connectivity index (χ2v) is 7.38. The number of hydrogen-bond donors (Lipinski definition) is 2. The van der Waals surface area contributed by atoms with Gasteiger partial charge in [0.2, 0.25) is 0 Å². The first-order valence-electron chi connectivity index (χ1n) is 8.90. The fraction of sp³-hybridized carbons (Fsp3) is 0.556. The number of carbonyl (C=O) groups excluding carboxylic acids is 2. The molecule has 0 saturated heterocycles. The summed E-state index contributed by atoms with van der Waals surface area (Å²) in [5.74, 6) is -1.93. The van der Waals surface area contributed by atoms with Crippen molar-refractivity contribution in [1.82, 2.24) is 10.9 Å². The second kappa shape index (κ2) is 10.5. The van der Waals surface area contributed by atoms with Gasteiger partial charge in [0.05, 0.1) is 12.4 Å². The van der Waals surface area contributed by atoms with Crippen LogP contribution in [0.1, 0.15) is 58.3 Å². The maximum atomic E-state index is 12.0. The third-order valence-corrected chi connectivity index (χ3v) is 5.32. The summed E-state index contributed by atoms with van der Waals surface area (Å²) in [7, 11) is 0. The van der Waals surface area contributed by atoms with Crippen LogP contribution in [0.2, 0.25) is 0 Å². The van der Waals surface area contributed by atoms with E-state index < -0.39 is 17.7 Å². The fourth-order valence-corrected chi connectivity index (χ4v) is 3.27. The Balaban J connectivity index is 1.80. The van der Waals surface area contributed by atoms with Crippen molar-refractivity contribution in [2.75, 3.05) is 0 Å². The number of nitrogens with one attached hydrogen (secondary N) is 2. The number of hydrogen-bond acceptors (Lipinski definition) is 4. The van der Waals surface area contributed by atoms with Gasteiger partial charge in [0.1, 0.15) is 5.92 Å². The third kappa shape index (κ3) is 6.25. The van der Waals surface area contributed by atoms with Crippen LogP contribution in [-0.2, 0) is 9.59 Å².